The van der Waals surface area contributed by atoms with Gasteiger partial charge in [0.2, 0.25) is 0 Å². The number of aryl methyl sites for hydroxylation is 1. The van der Waals surface area contributed by atoms with Crippen molar-refractivity contribution in [2.75, 3.05) is 0 Å². The molecule has 0 bridgehead atoms. The topological polar surface area (TPSA) is 27.1 Å². The molecule has 28 heavy (non-hydrogen) atoms. The number of hydrogen-bond acceptors (Lipinski definition) is 2. The molecule has 2 aromatic heterocycles. The van der Waals surface area contributed by atoms with Gasteiger partial charge in [0.05, 0.1) is 5.69 Å². The van der Waals surface area contributed by atoms with E-state index in [0.29, 0.717) is 11.6 Å². The third kappa shape index (κ3) is 3.98. The molecule has 2 heterocycles. The summed E-state index contributed by atoms with van der Waals surface area (Å²) in [6, 6.07) is 25.8. The third-order valence-electron chi connectivity index (χ3n) is 4.46. The molecule has 0 saturated heterocycles. The number of halogens is 2. The Kier molecular flexibility index (Phi) is 5.51. The van der Waals surface area contributed by atoms with E-state index in [1.165, 1.54) is 0 Å². The molecule has 0 amide bonds. The lowest BCUT2D eigenvalue weighted by Crippen LogP contribution is -2.03. The Balaban J connectivity index is 1.77. The van der Waals surface area contributed by atoms with Crippen molar-refractivity contribution in [3.63, 3.8) is 0 Å². The average molecular weight is 454 g/mol. The maximum absolute atomic E-state index is 6.33. The highest BCUT2D eigenvalue weighted by Gasteiger charge is 2.16. The molecule has 140 valence electrons. The van der Waals surface area contributed by atoms with Crippen molar-refractivity contribution in [3.05, 3.63) is 99.7 Å². The van der Waals surface area contributed by atoms with Gasteiger partial charge in [0.15, 0.2) is 0 Å². The highest BCUT2D eigenvalue weighted by molar-refractivity contribution is 9.10. The van der Waals surface area contributed by atoms with Gasteiger partial charge in [-0.25, -0.2) is 4.98 Å². The van der Waals surface area contributed by atoms with Crippen LogP contribution in [0.15, 0.2) is 83.5 Å². The lowest BCUT2D eigenvalue weighted by atomic mass is 10.1. The molecule has 0 aliphatic heterocycles. The van der Waals surface area contributed by atoms with Crippen molar-refractivity contribution < 1.29 is 4.74 Å². The van der Waals surface area contributed by atoms with Gasteiger partial charge >= 0.3 is 0 Å². The Labute approximate surface area is 177 Å². The number of pyridine rings is 1. The molecule has 4 aromatic rings. The summed E-state index contributed by atoms with van der Waals surface area (Å²) < 4.78 is 9.05. The van der Waals surface area contributed by atoms with E-state index in [1.54, 1.807) is 0 Å². The first-order valence-electron chi connectivity index (χ1n) is 8.90. The molecular formula is C23H18BrClN2O. The van der Waals surface area contributed by atoms with Crippen LogP contribution >= 0.6 is 27.5 Å². The maximum Gasteiger partial charge on any atom is 0.138 e. The molecule has 0 atom stereocenters. The van der Waals surface area contributed by atoms with Gasteiger partial charge in [-0.05, 0) is 70.9 Å². The van der Waals surface area contributed by atoms with Crippen molar-refractivity contribution in [1.29, 1.82) is 0 Å². The van der Waals surface area contributed by atoms with Crippen LogP contribution in [0, 0.1) is 6.92 Å². The van der Waals surface area contributed by atoms with Crippen LogP contribution in [0.5, 0.6) is 5.75 Å². The fraction of sp³-hybridized carbons (Fsp3) is 0.0870. The molecule has 0 aliphatic rings. The highest BCUT2D eigenvalue weighted by Crippen LogP contribution is 2.35. The Bertz CT molecular complexity index is 1110. The van der Waals surface area contributed by atoms with E-state index in [9.17, 15) is 0 Å². The highest BCUT2D eigenvalue weighted by atomic mass is 79.9. The first-order chi connectivity index (χ1) is 13.6. The molecule has 0 fully saturated rings. The van der Waals surface area contributed by atoms with Gasteiger partial charge in [-0.15, -0.1) is 0 Å². The van der Waals surface area contributed by atoms with E-state index in [-0.39, 0.29) is 0 Å². The van der Waals surface area contributed by atoms with Crippen molar-refractivity contribution in [2.24, 2.45) is 0 Å². The van der Waals surface area contributed by atoms with E-state index < -0.39 is 0 Å². The summed E-state index contributed by atoms with van der Waals surface area (Å²) in [6.07, 6.45) is 0. The Hall–Kier alpha value is -2.56. The number of nitrogens with zero attached hydrogens (tertiary/aromatic N) is 2. The molecule has 0 unspecified atom stereocenters. The smallest absolute Gasteiger partial charge is 0.138 e. The van der Waals surface area contributed by atoms with Crippen LogP contribution in [0.1, 0.15) is 11.3 Å². The second-order valence-electron chi connectivity index (χ2n) is 6.43. The Morgan fingerprint density at radius 2 is 1.79 bits per heavy atom. The van der Waals surface area contributed by atoms with Gasteiger partial charge < -0.3 is 4.74 Å². The number of ether oxygens (including phenoxy) is 1. The van der Waals surface area contributed by atoms with Crippen molar-refractivity contribution in [1.82, 2.24) is 9.55 Å². The predicted octanol–water partition coefficient (Wildman–Crippen LogP) is 6.84. The molecule has 0 radical (unpaired) electrons. The summed E-state index contributed by atoms with van der Waals surface area (Å²) in [5, 5.41) is 0.662. The van der Waals surface area contributed by atoms with E-state index in [0.717, 1.165) is 38.7 Å². The summed E-state index contributed by atoms with van der Waals surface area (Å²) in [4.78, 5) is 4.61. The van der Waals surface area contributed by atoms with Gasteiger partial charge in [-0.1, -0.05) is 48.0 Å². The summed E-state index contributed by atoms with van der Waals surface area (Å²) in [7, 11) is 0. The Morgan fingerprint density at radius 1 is 0.964 bits per heavy atom. The zero-order valence-corrected chi connectivity index (χ0v) is 17.6. The number of hydrogen-bond donors (Lipinski definition) is 0. The molecule has 0 N–H and O–H groups in total. The summed E-state index contributed by atoms with van der Waals surface area (Å²) in [6.45, 7) is 2.55. The predicted molar refractivity (Wildman–Crippen MR) is 117 cm³/mol. The molecule has 5 heteroatoms. The average Bonchev–Trinajstić information content (AvgIpc) is 3.09. The minimum Gasteiger partial charge on any atom is -0.488 e. The zero-order chi connectivity index (χ0) is 19.5. The number of aromatic nitrogens is 2. The number of benzene rings is 2. The van der Waals surface area contributed by atoms with Crippen LogP contribution in [-0.4, -0.2) is 9.55 Å². The van der Waals surface area contributed by atoms with Crippen molar-refractivity contribution >= 4 is 27.5 Å². The van der Waals surface area contributed by atoms with Gasteiger partial charge in [-0.3, -0.25) is 4.57 Å². The van der Waals surface area contributed by atoms with Crippen LogP contribution in [0.3, 0.4) is 0 Å². The van der Waals surface area contributed by atoms with Crippen LogP contribution in [0.25, 0.3) is 17.1 Å². The van der Waals surface area contributed by atoms with Crippen molar-refractivity contribution in [2.45, 2.75) is 13.5 Å². The third-order valence-corrected chi connectivity index (χ3v) is 5.14. The SMILES string of the molecule is Cc1ccc(-c2cc(Cl)ccc2OCc2ccccc2)n1-c1cccc(Br)n1. The molecular weight excluding hydrogens is 436 g/mol. The van der Waals surface area contributed by atoms with Crippen LogP contribution in [0.2, 0.25) is 5.02 Å². The fourth-order valence-corrected chi connectivity index (χ4v) is 3.64. The minimum absolute atomic E-state index is 0.490. The lowest BCUT2D eigenvalue weighted by Gasteiger charge is -2.16. The second kappa shape index (κ2) is 8.21. The van der Waals surface area contributed by atoms with E-state index in [2.05, 4.69) is 44.5 Å². The molecule has 0 saturated carbocycles. The summed E-state index contributed by atoms with van der Waals surface area (Å²) in [5.74, 6) is 1.61. The quantitative estimate of drug-likeness (QED) is 0.309. The van der Waals surface area contributed by atoms with E-state index >= 15 is 0 Å². The zero-order valence-electron chi connectivity index (χ0n) is 15.3. The molecule has 2 aromatic carbocycles. The first kappa shape index (κ1) is 18.8. The Morgan fingerprint density at radius 3 is 2.57 bits per heavy atom. The molecule has 0 aliphatic carbocycles. The van der Waals surface area contributed by atoms with Crippen LogP contribution in [-0.2, 0) is 6.61 Å². The van der Waals surface area contributed by atoms with Gasteiger partial charge in [-0.2, -0.15) is 0 Å². The largest absolute Gasteiger partial charge is 0.488 e. The first-order valence-corrected chi connectivity index (χ1v) is 10.1. The summed E-state index contributed by atoms with van der Waals surface area (Å²) >= 11 is 9.79. The molecule has 3 nitrogen and oxygen atoms in total. The monoisotopic (exact) mass is 452 g/mol. The van der Waals surface area contributed by atoms with Crippen LogP contribution in [0.4, 0.5) is 0 Å². The lowest BCUT2D eigenvalue weighted by molar-refractivity contribution is 0.307. The molecule has 4 rings (SSSR count). The van der Waals surface area contributed by atoms with Gasteiger partial charge in [0.25, 0.3) is 0 Å². The normalized spacial score (nSPS) is 10.8. The minimum atomic E-state index is 0.490. The fourth-order valence-electron chi connectivity index (χ4n) is 3.14. The van der Waals surface area contributed by atoms with E-state index in [4.69, 9.17) is 16.3 Å². The maximum atomic E-state index is 6.33. The van der Waals surface area contributed by atoms with Crippen LogP contribution < -0.4 is 4.74 Å². The van der Waals surface area contributed by atoms with Gasteiger partial charge in [0, 0.05) is 16.3 Å². The number of rotatable bonds is 5. The van der Waals surface area contributed by atoms with Gasteiger partial charge in [0.1, 0.15) is 22.8 Å². The summed E-state index contributed by atoms with van der Waals surface area (Å²) in [5.41, 5.74) is 4.10. The molecule has 0 spiro atoms. The van der Waals surface area contributed by atoms with E-state index in [1.807, 2.05) is 66.7 Å². The standard InChI is InChI=1S/C23H18BrClN2O/c1-16-10-12-20(27(16)23-9-5-8-22(24)26-23)19-14-18(25)11-13-21(19)28-15-17-6-3-2-4-7-17/h2-14H,15H2,1H3. The second-order valence-corrected chi connectivity index (χ2v) is 7.68. The van der Waals surface area contributed by atoms with Crippen molar-refractivity contribution in [3.8, 4) is 22.8 Å².